The van der Waals surface area contributed by atoms with E-state index in [0.29, 0.717) is 12.1 Å². The van der Waals surface area contributed by atoms with Crippen molar-refractivity contribution in [3.8, 4) is 0 Å². The molecule has 0 amide bonds. The Morgan fingerprint density at radius 1 is 1.42 bits per heavy atom. The summed E-state index contributed by atoms with van der Waals surface area (Å²) in [7, 11) is 1.69. The Kier molecular flexibility index (Phi) is 3.52. The van der Waals surface area contributed by atoms with Crippen molar-refractivity contribution in [2.24, 2.45) is 23.9 Å². The highest BCUT2D eigenvalue weighted by Gasteiger charge is 2.21. The third kappa shape index (κ3) is 2.72. The molecule has 0 aliphatic carbocycles. The van der Waals surface area contributed by atoms with Gasteiger partial charge in [0.2, 0.25) is 0 Å². The molecule has 2 aromatic rings. The first kappa shape index (κ1) is 13.8. The van der Waals surface area contributed by atoms with Crippen LogP contribution < -0.4 is 17.2 Å². The van der Waals surface area contributed by atoms with Crippen molar-refractivity contribution in [1.29, 1.82) is 0 Å². The third-order valence-corrected chi connectivity index (χ3v) is 3.57. The van der Waals surface area contributed by atoms with Gasteiger partial charge in [-0.3, -0.25) is 4.57 Å². The fraction of sp³-hybridized carbons (Fsp3) is 0.500. The number of hydrogen-bond donors (Lipinski definition) is 2. The van der Waals surface area contributed by atoms with E-state index in [1.165, 1.54) is 4.57 Å². The van der Waals surface area contributed by atoms with Gasteiger partial charge in [-0.2, -0.15) is 0 Å². The van der Waals surface area contributed by atoms with Crippen LogP contribution in [0.3, 0.4) is 0 Å². The van der Waals surface area contributed by atoms with Crippen molar-refractivity contribution in [1.82, 2.24) is 4.57 Å². The zero-order valence-corrected chi connectivity index (χ0v) is 11.6. The second-order valence-electron chi connectivity index (χ2n) is 5.83. The predicted molar refractivity (Wildman–Crippen MR) is 75.8 cm³/mol. The minimum absolute atomic E-state index is 0.00332. The molecule has 0 saturated heterocycles. The van der Waals surface area contributed by atoms with Crippen LogP contribution in [-0.2, 0) is 7.05 Å². The molecule has 104 valence electrons. The highest BCUT2D eigenvalue weighted by molar-refractivity contribution is 5.73. The fourth-order valence-corrected chi connectivity index (χ4v) is 2.17. The molecule has 5 nitrogen and oxygen atoms in total. The highest BCUT2D eigenvalue weighted by atomic mass is 16.4. The van der Waals surface area contributed by atoms with Gasteiger partial charge in [-0.1, -0.05) is 19.9 Å². The lowest BCUT2D eigenvalue weighted by Crippen LogP contribution is -2.28. The van der Waals surface area contributed by atoms with Crippen LogP contribution >= 0.6 is 0 Å². The molecule has 0 saturated carbocycles. The van der Waals surface area contributed by atoms with Gasteiger partial charge < -0.3 is 15.9 Å². The molecule has 0 radical (unpaired) electrons. The van der Waals surface area contributed by atoms with Crippen molar-refractivity contribution in [3.05, 3.63) is 34.3 Å². The van der Waals surface area contributed by atoms with Gasteiger partial charge in [0.15, 0.2) is 5.58 Å². The second-order valence-corrected chi connectivity index (χ2v) is 5.83. The van der Waals surface area contributed by atoms with Gasteiger partial charge in [0.25, 0.3) is 0 Å². The normalized spacial score (nSPS) is 13.9. The molecule has 0 fully saturated rings. The first-order chi connectivity index (χ1) is 8.84. The van der Waals surface area contributed by atoms with Gasteiger partial charge in [0, 0.05) is 13.1 Å². The Labute approximate surface area is 112 Å². The van der Waals surface area contributed by atoms with E-state index in [1.807, 2.05) is 12.1 Å². The number of rotatable bonds is 4. The molecule has 1 atom stereocenters. The largest absolute Gasteiger partial charge is 0.419 e. The Balaban J connectivity index is 2.35. The number of aryl methyl sites for hydroxylation is 1. The van der Waals surface area contributed by atoms with Gasteiger partial charge in [-0.15, -0.1) is 0 Å². The SMILES string of the molecule is Cn1c(=O)oc2ccc(C(N)CC(C)(C)CN)cc21. The van der Waals surface area contributed by atoms with Gasteiger partial charge in [0.1, 0.15) is 0 Å². The number of fused-ring (bicyclic) bond motifs is 1. The highest BCUT2D eigenvalue weighted by Crippen LogP contribution is 2.28. The molecule has 2 rings (SSSR count). The van der Waals surface area contributed by atoms with Crippen LogP contribution in [0.2, 0.25) is 0 Å². The number of oxazole rings is 1. The van der Waals surface area contributed by atoms with Crippen LogP contribution in [0.1, 0.15) is 31.9 Å². The molecular weight excluding hydrogens is 242 g/mol. The van der Waals surface area contributed by atoms with Crippen molar-refractivity contribution >= 4 is 11.1 Å². The van der Waals surface area contributed by atoms with E-state index < -0.39 is 0 Å². The number of aromatic nitrogens is 1. The first-order valence-electron chi connectivity index (χ1n) is 6.39. The summed E-state index contributed by atoms with van der Waals surface area (Å²) >= 11 is 0. The molecule has 19 heavy (non-hydrogen) atoms. The van der Waals surface area contributed by atoms with Crippen LogP contribution in [0.15, 0.2) is 27.4 Å². The smallest absolute Gasteiger partial charge is 0.408 e. The standard InChI is InChI=1S/C14H21N3O2/c1-14(2,8-15)7-10(16)9-4-5-12-11(6-9)17(3)13(18)19-12/h4-6,10H,7-8,15-16H2,1-3H3. The van der Waals surface area contributed by atoms with Crippen molar-refractivity contribution in [2.45, 2.75) is 26.3 Å². The van der Waals surface area contributed by atoms with E-state index in [9.17, 15) is 4.79 Å². The summed E-state index contributed by atoms with van der Waals surface area (Å²) in [5, 5.41) is 0. The molecule has 0 bridgehead atoms. The molecule has 1 aromatic heterocycles. The number of benzene rings is 1. The number of hydrogen-bond acceptors (Lipinski definition) is 4. The molecule has 5 heteroatoms. The quantitative estimate of drug-likeness (QED) is 0.875. The zero-order valence-electron chi connectivity index (χ0n) is 11.6. The molecule has 0 aliphatic rings. The fourth-order valence-electron chi connectivity index (χ4n) is 2.17. The molecule has 0 aliphatic heterocycles. The summed E-state index contributed by atoms with van der Waals surface area (Å²) in [6, 6.07) is 5.51. The van der Waals surface area contributed by atoms with E-state index in [-0.39, 0.29) is 17.2 Å². The minimum atomic E-state index is -0.358. The van der Waals surface area contributed by atoms with E-state index >= 15 is 0 Å². The second kappa shape index (κ2) is 4.83. The zero-order chi connectivity index (χ0) is 14.2. The Hall–Kier alpha value is -1.59. The van der Waals surface area contributed by atoms with Gasteiger partial charge in [-0.25, -0.2) is 4.79 Å². The van der Waals surface area contributed by atoms with E-state index in [1.54, 1.807) is 13.1 Å². The first-order valence-corrected chi connectivity index (χ1v) is 6.39. The maximum Gasteiger partial charge on any atom is 0.419 e. The lowest BCUT2D eigenvalue weighted by atomic mass is 9.84. The molecule has 0 spiro atoms. The van der Waals surface area contributed by atoms with Crippen molar-refractivity contribution < 1.29 is 4.42 Å². The van der Waals surface area contributed by atoms with E-state index in [4.69, 9.17) is 15.9 Å². The maximum absolute atomic E-state index is 11.4. The van der Waals surface area contributed by atoms with Gasteiger partial charge in [0.05, 0.1) is 5.52 Å². The van der Waals surface area contributed by atoms with Crippen LogP contribution in [0.5, 0.6) is 0 Å². The monoisotopic (exact) mass is 263 g/mol. The summed E-state index contributed by atoms with van der Waals surface area (Å²) in [6.07, 6.45) is 0.792. The molecular formula is C14H21N3O2. The number of nitrogens with zero attached hydrogens (tertiary/aromatic N) is 1. The minimum Gasteiger partial charge on any atom is -0.408 e. The Morgan fingerprint density at radius 2 is 2.11 bits per heavy atom. The number of nitrogens with two attached hydrogens (primary N) is 2. The van der Waals surface area contributed by atoms with Crippen molar-refractivity contribution in [3.63, 3.8) is 0 Å². The summed E-state index contributed by atoms with van der Waals surface area (Å²) in [5.74, 6) is -0.358. The lowest BCUT2D eigenvalue weighted by molar-refractivity contribution is 0.317. The summed E-state index contributed by atoms with van der Waals surface area (Å²) in [6.45, 7) is 4.78. The third-order valence-electron chi connectivity index (χ3n) is 3.57. The van der Waals surface area contributed by atoms with Gasteiger partial charge >= 0.3 is 5.76 Å². The maximum atomic E-state index is 11.4. The van der Waals surface area contributed by atoms with Crippen LogP contribution in [0.4, 0.5) is 0 Å². The topological polar surface area (TPSA) is 87.2 Å². The lowest BCUT2D eigenvalue weighted by Gasteiger charge is -2.26. The van der Waals surface area contributed by atoms with Crippen molar-refractivity contribution in [2.75, 3.05) is 6.54 Å². The predicted octanol–water partition coefficient (Wildman–Crippen LogP) is 1.51. The van der Waals surface area contributed by atoms with Crippen LogP contribution in [0, 0.1) is 5.41 Å². The Morgan fingerprint density at radius 3 is 2.74 bits per heavy atom. The average Bonchev–Trinajstić information content (AvgIpc) is 2.64. The molecule has 1 unspecified atom stereocenters. The van der Waals surface area contributed by atoms with Gasteiger partial charge in [-0.05, 0) is 36.1 Å². The molecule has 1 aromatic carbocycles. The summed E-state index contributed by atoms with van der Waals surface area (Å²) < 4.78 is 6.59. The summed E-state index contributed by atoms with van der Waals surface area (Å²) in [4.78, 5) is 11.4. The Bertz CT molecular complexity index is 640. The van der Waals surface area contributed by atoms with E-state index in [2.05, 4.69) is 13.8 Å². The summed E-state index contributed by atoms with van der Waals surface area (Å²) in [5.41, 5.74) is 14.3. The van der Waals surface area contributed by atoms with Crippen LogP contribution in [0.25, 0.3) is 11.1 Å². The van der Waals surface area contributed by atoms with Crippen LogP contribution in [-0.4, -0.2) is 11.1 Å². The average molecular weight is 263 g/mol. The van der Waals surface area contributed by atoms with E-state index in [0.717, 1.165) is 17.5 Å². The molecule has 4 N–H and O–H groups in total. The molecule has 1 heterocycles.